The van der Waals surface area contributed by atoms with Crippen LogP contribution in [0.5, 0.6) is 0 Å². The zero-order valence-electron chi connectivity index (χ0n) is 11.3. The number of benzene rings is 1. The zero-order valence-corrected chi connectivity index (χ0v) is 12.1. The molecule has 112 valence electrons. The van der Waals surface area contributed by atoms with Gasteiger partial charge in [-0.3, -0.25) is 0 Å². The van der Waals surface area contributed by atoms with Crippen LogP contribution in [0.15, 0.2) is 30.3 Å². The van der Waals surface area contributed by atoms with Crippen molar-refractivity contribution in [3.05, 3.63) is 35.9 Å². The van der Waals surface area contributed by atoms with Gasteiger partial charge in [-0.05, 0) is 12.0 Å². The number of carbonyl (C=O) groups is 1. The second-order valence-corrected chi connectivity index (χ2v) is 4.88. The highest BCUT2D eigenvalue weighted by molar-refractivity contribution is 5.85. The average Bonchev–Trinajstić information content (AvgIpc) is 2.45. The van der Waals surface area contributed by atoms with Gasteiger partial charge in [-0.2, -0.15) is 0 Å². The number of halogens is 1. The van der Waals surface area contributed by atoms with Crippen molar-refractivity contribution in [3.8, 4) is 0 Å². The van der Waals surface area contributed by atoms with Crippen molar-refractivity contribution in [2.45, 2.75) is 19.1 Å². The van der Waals surface area contributed by atoms with Crippen molar-refractivity contribution < 1.29 is 14.6 Å². The molecular formula is C14H21ClN2O3. The maximum Gasteiger partial charge on any atom is 0.410 e. The van der Waals surface area contributed by atoms with E-state index in [4.69, 9.17) is 15.6 Å². The number of hydrogen-bond donors (Lipinski definition) is 2. The smallest absolute Gasteiger partial charge is 0.410 e. The topological polar surface area (TPSA) is 75.8 Å². The predicted octanol–water partition coefficient (Wildman–Crippen LogP) is 1.39. The standard InChI is InChI=1S/C14H20N2O3.ClH/c15-13-8-16(7-6-12(13)9-17)14(18)19-10-11-4-2-1-3-5-11;/h1-5,12-13,17H,6-10,15H2;1H/t12-,13+;/m0./s1. The molecule has 0 spiro atoms. The van der Waals surface area contributed by atoms with E-state index in [0.29, 0.717) is 13.1 Å². The molecule has 2 rings (SSSR count). The van der Waals surface area contributed by atoms with Gasteiger partial charge in [-0.15, -0.1) is 12.4 Å². The summed E-state index contributed by atoms with van der Waals surface area (Å²) in [6.07, 6.45) is 0.383. The third-order valence-electron chi connectivity index (χ3n) is 3.50. The fraction of sp³-hybridized carbons (Fsp3) is 0.500. The molecule has 6 heteroatoms. The van der Waals surface area contributed by atoms with Gasteiger partial charge in [0.05, 0.1) is 0 Å². The molecule has 1 aliphatic rings. The summed E-state index contributed by atoms with van der Waals surface area (Å²) in [5.41, 5.74) is 6.88. The Morgan fingerprint density at radius 3 is 2.70 bits per heavy atom. The third-order valence-corrected chi connectivity index (χ3v) is 3.50. The lowest BCUT2D eigenvalue weighted by Gasteiger charge is -2.35. The predicted molar refractivity (Wildman–Crippen MR) is 78.6 cm³/mol. The average molecular weight is 301 g/mol. The van der Waals surface area contributed by atoms with Gasteiger partial charge >= 0.3 is 6.09 Å². The molecule has 5 nitrogen and oxygen atoms in total. The Balaban J connectivity index is 0.00000200. The maximum atomic E-state index is 11.9. The molecule has 1 aromatic carbocycles. The molecule has 0 radical (unpaired) electrons. The monoisotopic (exact) mass is 300 g/mol. The van der Waals surface area contributed by atoms with Crippen LogP contribution in [0.25, 0.3) is 0 Å². The highest BCUT2D eigenvalue weighted by atomic mass is 35.5. The summed E-state index contributed by atoms with van der Waals surface area (Å²) in [7, 11) is 0. The van der Waals surface area contributed by atoms with Gasteiger partial charge in [0.15, 0.2) is 0 Å². The lowest BCUT2D eigenvalue weighted by atomic mass is 9.93. The van der Waals surface area contributed by atoms with Crippen molar-refractivity contribution >= 4 is 18.5 Å². The molecule has 1 amide bonds. The molecule has 1 aliphatic heterocycles. The first-order valence-corrected chi connectivity index (χ1v) is 6.52. The van der Waals surface area contributed by atoms with E-state index in [1.165, 1.54) is 0 Å². The number of hydrogen-bond acceptors (Lipinski definition) is 4. The number of likely N-dealkylation sites (tertiary alicyclic amines) is 1. The minimum atomic E-state index is -0.337. The Morgan fingerprint density at radius 2 is 2.10 bits per heavy atom. The van der Waals surface area contributed by atoms with E-state index < -0.39 is 0 Å². The van der Waals surface area contributed by atoms with Gasteiger partial charge < -0.3 is 20.5 Å². The van der Waals surface area contributed by atoms with E-state index in [1.807, 2.05) is 30.3 Å². The van der Waals surface area contributed by atoms with Gasteiger partial charge in [-0.25, -0.2) is 4.79 Å². The Labute approximate surface area is 125 Å². The van der Waals surface area contributed by atoms with Crippen molar-refractivity contribution in [2.75, 3.05) is 19.7 Å². The van der Waals surface area contributed by atoms with E-state index in [1.54, 1.807) is 4.90 Å². The summed E-state index contributed by atoms with van der Waals surface area (Å²) in [5.74, 6) is 0.0816. The largest absolute Gasteiger partial charge is 0.445 e. The lowest BCUT2D eigenvalue weighted by Crippen LogP contribution is -2.51. The van der Waals surface area contributed by atoms with Crippen molar-refractivity contribution in [1.82, 2.24) is 4.90 Å². The summed E-state index contributed by atoms with van der Waals surface area (Å²) in [5, 5.41) is 9.12. The molecule has 3 N–H and O–H groups in total. The molecule has 0 aliphatic carbocycles. The minimum Gasteiger partial charge on any atom is -0.445 e. The number of amides is 1. The number of nitrogens with zero attached hydrogens (tertiary/aromatic N) is 1. The van der Waals surface area contributed by atoms with Gasteiger partial charge in [0.2, 0.25) is 0 Å². The molecule has 1 aromatic rings. The molecule has 0 bridgehead atoms. The van der Waals surface area contributed by atoms with Crippen LogP contribution in [0, 0.1) is 5.92 Å². The highest BCUT2D eigenvalue weighted by Crippen LogP contribution is 2.16. The molecule has 0 aromatic heterocycles. The molecular weight excluding hydrogens is 280 g/mol. The lowest BCUT2D eigenvalue weighted by molar-refractivity contribution is 0.0665. The normalized spacial score (nSPS) is 22.0. The van der Waals surface area contributed by atoms with Gasteiger partial charge in [0.1, 0.15) is 6.61 Å². The van der Waals surface area contributed by atoms with E-state index in [2.05, 4.69) is 0 Å². The number of aliphatic hydroxyl groups excluding tert-OH is 1. The molecule has 0 unspecified atom stereocenters. The second kappa shape index (κ2) is 8.09. The van der Waals surface area contributed by atoms with Gasteiger partial charge in [-0.1, -0.05) is 30.3 Å². The molecule has 0 saturated carbocycles. The van der Waals surface area contributed by atoms with Crippen LogP contribution in [0.4, 0.5) is 4.79 Å². The first-order valence-electron chi connectivity index (χ1n) is 6.52. The number of rotatable bonds is 3. The van der Waals surface area contributed by atoms with Crippen LogP contribution in [-0.4, -0.2) is 41.8 Å². The number of carbonyl (C=O) groups excluding carboxylic acids is 1. The fourth-order valence-corrected chi connectivity index (χ4v) is 2.23. The Kier molecular flexibility index (Phi) is 6.78. The maximum absolute atomic E-state index is 11.9. The summed E-state index contributed by atoms with van der Waals surface area (Å²) >= 11 is 0. The minimum absolute atomic E-state index is 0. The van der Waals surface area contributed by atoms with Crippen LogP contribution in [0.2, 0.25) is 0 Å². The SMILES string of the molecule is Cl.N[C@@H]1CN(C(=O)OCc2ccccc2)CC[C@H]1CO. The van der Waals surface area contributed by atoms with E-state index in [-0.39, 0.29) is 43.7 Å². The van der Waals surface area contributed by atoms with E-state index in [0.717, 1.165) is 12.0 Å². The molecule has 1 fully saturated rings. The van der Waals surface area contributed by atoms with E-state index in [9.17, 15) is 4.79 Å². The molecule has 20 heavy (non-hydrogen) atoms. The molecule has 1 heterocycles. The second-order valence-electron chi connectivity index (χ2n) is 4.88. The van der Waals surface area contributed by atoms with Gasteiger partial charge in [0.25, 0.3) is 0 Å². The Hall–Kier alpha value is -1.30. The number of piperidine rings is 1. The van der Waals surface area contributed by atoms with Crippen LogP contribution in [0.3, 0.4) is 0 Å². The van der Waals surface area contributed by atoms with Crippen molar-refractivity contribution in [3.63, 3.8) is 0 Å². The fourth-order valence-electron chi connectivity index (χ4n) is 2.23. The molecule has 1 saturated heterocycles. The van der Waals surface area contributed by atoms with Crippen LogP contribution >= 0.6 is 12.4 Å². The highest BCUT2D eigenvalue weighted by Gasteiger charge is 2.29. The van der Waals surface area contributed by atoms with Crippen LogP contribution in [0.1, 0.15) is 12.0 Å². The van der Waals surface area contributed by atoms with Crippen molar-refractivity contribution in [2.24, 2.45) is 11.7 Å². The number of aliphatic hydroxyl groups is 1. The quantitative estimate of drug-likeness (QED) is 0.884. The van der Waals surface area contributed by atoms with E-state index >= 15 is 0 Å². The Bertz CT molecular complexity index is 416. The summed E-state index contributed by atoms with van der Waals surface area (Å²) < 4.78 is 5.25. The number of nitrogens with two attached hydrogens (primary N) is 1. The third kappa shape index (κ3) is 4.37. The Morgan fingerprint density at radius 1 is 1.40 bits per heavy atom. The first-order chi connectivity index (χ1) is 9.20. The summed E-state index contributed by atoms with van der Waals surface area (Å²) in [6.45, 7) is 1.38. The summed E-state index contributed by atoms with van der Waals surface area (Å²) in [4.78, 5) is 13.5. The van der Waals surface area contributed by atoms with Gasteiger partial charge in [0, 0.05) is 31.7 Å². The first kappa shape index (κ1) is 16.8. The summed E-state index contributed by atoms with van der Waals surface area (Å²) in [6, 6.07) is 9.39. The van der Waals surface area contributed by atoms with Crippen molar-refractivity contribution in [1.29, 1.82) is 0 Å². The van der Waals surface area contributed by atoms with Crippen LogP contribution < -0.4 is 5.73 Å². The van der Waals surface area contributed by atoms with Crippen LogP contribution in [-0.2, 0) is 11.3 Å². The number of ether oxygens (including phenoxy) is 1. The molecule has 2 atom stereocenters. The zero-order chi connectivity index (χ0) is 13.7.